The molecule has 4 heteroatoms. The zero-order valence-corrected chi connectivity index (χ0v) is 7.98. The molecule has 0 aliphatic rings. The summed E-state index contributed by atoms with van der Waals surface area (Å²) in [6.45, 7) is 1.49. The van der Waals surface area contributed by atoms with E-state index in [0.717, 1.165) is 0 Å². The summed E-state index contributed by atoms with van der Waals surface area (Å²) in [7, 11) is 0. The van der Waals surface area contributed by atoms with Crippen molar-refractivity contribution in [2.24, 2.45) is 0 Å². The number of hydrogen-bond acceptors (Lipinski definition) is 2. The number of benzene rings is 1. The first-order valence-corrected chi connectivity index (χ1v) is 4.07. The molecular weight excluding hydrogens is 225 g/mol. The van der Waals surface area contributed by atoms with Crippen molar-refractivity contribution in [1.29, 1.82) is 5.41 Å². The van der Waals surface area contributed by atoms with E-state index in [2.05, 4.69) is 15.9 Å². The van der Waals surface area contributed by atoms with E-state index in [9.17, 15) is 4.39 Å². The third-order valence-corrected chi connectivity index (χ3v) is 1.81. The van der Waals surface area contributed by atoms with E-state index in [0.29, 0.717) is 10.2 Å². The van der Waals surface area contributed by atoms with Crippen LogP contribution in [0.3, 0.4) is 0 Å². The van der Waals surface area contributed by atoms with E-state index in [1.54, 1.807) is 6.07 Å². The first-order chi connectivity index (χ1) is 5.59. The Morgan fingerprint density at radius 1 is 1.58 bits per heavy atom. The van der Waals surface area contributed by atoms with Crippen molar-refractivity contribution in [3.8, 4) is 5.75 Å². The standard InChI is InChI=1S/C8H7BrFNO/c1-5(11)12-6-2-3-7(9)8(10)4-6/h2-4,11H,1H3. The molecule has 64 valence electrons. The molecule has 0 aliphatic carbocycles. The largest absolute Gasteiger partial charge is 0.444 e. The van der Waals surface area contributed by atoms with Gasteiger partial charge in [0.05, 0.1) is 4.47 Å². The van der Waals surface area contributed by atoms with E-state index >= 15 is 0 Å². The van der Waals surface area contributed by atoms with Crippen LogP contribution in [0.4, 0.5) is 4.39 Å². The van der Waals surface area contributed by atoms with Gasteiger partial charge in [-0.3, -0.25) is 5.41 Å². The molecule has 0 radical (unpaired) electrons. The van der Waals surface area contributed by atoms with Gasteiger partial charge in [-0.15, -0.1) is 0 Å². The molecule has 0 bridgehead atoms. The minimum absolute atomic E-state index is 0.0386. The Balaban J connectivity index is 2.89. The van der Waals surface area contributed by atoms with Gasteiger partial charge < -0.3 is 4.74 Å². The molecule has 0 fully saturated rings. The predicted octanol–water partition coefficient (Wildman–Crippen LogP) is 2.96. The normalized spacial score (nSPS) is 9.58. The molecular formula is C8H7BrFNO. The molecule has 0 amide bonds. The molecule has 1 N–H and O–H groups in total. The summed E-state index contributed by atoms with van der Waals surface area (Å²) in [5.41, 5.74) is 0. The van der Waals surface area contributed by atoms with Crippen molar-refractivity contribution >= 4 is 21.8 Å². The van der Waals surface area contributed by atoms with Gasteiger partial charge in [0.25, 0.3) is 0 Å². The molecule has 2 nitrogen and oxygen atoms in total. The topological polar surface area (TPSA) is 33.1 Å². The van der Waals surface area contributed by atoms with Gasteiger partial charge in [0.1, 0.15) is 11.6 Å². The summed E-state index contributed by atoms with van der Waals surface area (Å²) in [6, 6.07) is 4.35. The Kier molecular flexibility index (Phi) is 2.81. The van der Waals surface area contributed by atoms with E-state index in [-0.39, 0.29) is 5.90 Å². The molecule has 0 aliphatic heterocycles. The zero-order chi connectivity index (χ0) is 9.14. The van der Waals surface area contributed by atoms with Gasteiger partial charge >= 0.3 is 0 Å². The Morgan fingerprint density at radius 3 is 2.75 bits per heavy atom. The maximum atomic E-state index is 12.8. The highest BCUT2D eigenvalue weighted by molar-refractivity contribution is 9.10. The minimum Gasteiger partial charge on any atom is -0.444 e. The average Bonchev–Trinajstić information content (AvgIpc) is 1.96. The van der Waals surface area contributed by atoms with Crippen LogP contribution in [0.5, 0.6) is 5.75 Å². The Bertz CT molecular complexity index is 314. The van der Waals surface area contributed by atoms with Gasteiger partial charge in [0.15, 0.2) is 5.90 Å². The van der Waals surface area contributed by atoms with Gasteiger partial charge in [-0.05, 0) is 28.1 Å². The third-order valence-electron chi connectivity index (χ3n) is 1.16. The van der Waals surface area contributed by atoms with Crippen LogP contribution in [0.15, 0.2) is 22.7 Å². The van der Waals surface area contributed by atoms with Crippen LogP contribution in [-0.4, -0.2) is 5.90 Å². The van der Waals surface area contributed by atoms with Gasteiger partial charge in [0.2, 0.25) is 0 Å². The van der Waals surface area contributed by atoms with Crippen LogP contribution in [-0.2, 0) is 0 Å². The molecule has 0 saturated heterocycles. The molecule has 0 heterocycles. The lowest BCUT2D eigenvalue weighted by Gasteiger charge is -2.02. The molecule has 12 heavy (non-hydrogen) atoms. The first-order valence-electron chi connectivity index (χ1n) is 3.27. The molecule has 1 rings (SSSR count). The van der Waals surface area contributed by atoms with Crippen LogP contribution in [0.25, 0.3) is 0 Å². The van der Waals surface area contributed by atoms with Crippen LogP contribution < -0.4 is 4.74 Å². The van der Waals surface area contributed by atoms with Crippen molar-refractivity contribution in [3.63, 3.8) is 0 Å². The van der Waals surface area contributed by atoms with Gasteiger partial charge in [-0.1, -0.05) is 0 Å². The highest BCUT2D eigenvalue weighted by Crippen LogP contribution is 2.20. The second-order valence-corrected chi connectivity index (χ2v) is 3.09. The lowest BCUT2D eigenvalue weighted by Crippen LogP contribution is -2.00. The van der Waals surface area contributed by atoms with E-state index in [1.165, 1.54) is 19.1 Å². The van der Waals surface area contributed by atoms with Crippen LogP contribution in [0.2, 0.25) is 0 Å². The molecule has 0 aromatic heterocycles. The third kappa shape index (κ3) is 2.30. The predicted molar refractivity (Wildman–Crippen MR) is 48.1 cm³/mol. The van der Waals surface area contributed by atoms with Crippen LogP contribution >= 0.6 is 15.9 Å². The van der Waals surface area contributed by atoms with Gasteiger partial charge in [-0.25, -0.2) is 4.39 Å². The molecule has 0 saturated carbocycles. The van der Waals surface area contributed by atoms with Crippen molar-refractivity contribution < 1.29 is 9.13 Å². The lowest BCUT2D eigenvalue weighted by atomic mass is 10.3. The second kappa shape index (κ2) is 3.67. The molecule has 1 aromatic rings. The summed E-state index contributed by atoms with van der Waals surface area (Å²) in [5, 5.41) is 7.00. The monoisotopic (exact) mass is 231 g/mol. The summed E-state index contributed by atoms with van der Waals surface area (Å²) in [5.74, 6) is -0.0197. The Labute approximate surface area is 78.0 Å². The summed E-state index contributed by atoms with van der Waals surface area (Å²) < 4.78 is 18.1. The maximum absolute atomic E-state index is 12.8. The van der Waals surface area contributed by atoms with E-state index < -0.39 is 5.82 Å². The Morgan fingerprint density at radius 2 is 2.25 bits per heavy atom. The number of hydrogen-bond donors (Lipinski definition) is 1. The summed E-state index contributed by atoms with van der Waals surface area (Å²) in [4.78, 5) is 0. The minimum atomic E-state index is -0.395. The van der Waals surface area contributed by atoms with Crippen LogP contribution in [0, 0.1) is 11.2 Å². The van der Waals surface area contributed by atoms with Gasteiger partial charge in [-0.2, -0.15) is 0 Å². The number of ether oxygens (including phenoxy) is 1. The fourth-order valence-electron chi connectivity index (χ4n) is 0.717. The SMILES string of the molecule is CC(=N)Oc1ccc(Br)c(F)c1. The number of rotatable bonds is 1. The highest BCUT2D eigenvalue weighted by Gasteiger charge is 2.01. The van der Waals surface area contributed by atoms with E-state index in [4.69, 9.17) is 10.1 Å². The Hall–Kier alpha value is -0.900. The van der Waals surface area contributed by atoms with Crippen molar-refractivity contribution in [1.82, 2.24) is 0 Å². The van der Waals surface area contributed by atoms with E-state index in [1.807, 2.05) is 0 Å². The van der Waals surface area contributed by atoms with Crippen molar-refractivity contribution in [2.45, 2.75) is 6.92 Å². The van der Waals surface area contributed by atoms with Crippen molar-refractivity contribution in [3.05, 3.63) is 28.5 Å². The molecule has 0 spiro atoms. The quantitative estimate of drug-likeness (QED) is 0.586. The number of nitrogens with one attached hydrogen (secondary N) is 1. The smallest absolute Gasteiger partial charge is 0.184 e. The summed E-state index contributed by atoms with van der Waals surface area (Å²) in [6.07, 6.45) is 0. The molecule has 1 aromatic carbocycles. The fourth-order valence-corrected chi connectivity index (χ4v) is 0.964. The van der Waals surface area contributed by atoms with Crippen molar-refractivity contribution in [2.75, 3.05) is 0 Å². The summed E-state index contributed by atoms with van der Waals surface area (Å²) >= 11 is 3.01. The second-order valence-electron chi connectivity index (χ2n) is 2.23. The first kappa shape index (κ1) is 9.19. The van der Waals surface area contributed by atoms with Gasteiger partial charge in [0, 0.05) is 13.0 Å². The highest BCUT2D eigenvalue weighted by atomic mass is 79.9. The maximum Gasteiger partial charge on any atom is 0.184 e. The molecule has 0 unspecified atom stereocenters. The lowest BCUT2D eigenvalue weighted by molar-refractivity contribution is 0.530. The molecule has 0 atom stereocenters. The average molecular weight is 232 g/mol. The fraction of sp³-hybridized carbons (Fsp3) is 0.125. The van der Waals surface area contributed by atoms with Crippen LogP contribution in [0.1, 0.15) is 6.92 Å². The number of halogens is 2. The zero-order valence-electron chi connectivity index (χ0n) is 6.40.